The Balaban J connectivity index is 1.11. The molecular formula is C54H55N. The Bertz CT molecular complexity index is 2280. The molecule has 0 amide bonds. The third-order valence-corrected chi connectivity index (χ3v) is 12.2. The van der Waals surface area contributed by atoms with Gasteiger partial charge in [-0.3, -0.25) is 0 Å². The van der Waals surface area contributed by atoms with Gasteiger partial charge in [-0.25, -0.2) is 0 Å². The lowest BCUT2D eigenvalue weighted by Crippen LogP contribution is -2.36. The van der Waals surface area contributed by atoms with Crippen molar-refractivity contribution in [1.29, 1.82) is 0 Å². The summed E-state index contributed by atoms with van der Waals surface area (Å²) in [7, 11) is 0. The zero-order valence-corrected chi connectivity index (χ0v) is 32.9. The van der Waals surface area contributed by atoms with Crippen LogP contribution in [0.1, 0.15) is 64.9 Å². The molecule has 4 aromatic carbocycles. The first-order valence-corrected chi connectivity index (χ1v) is 20.7. The van der Waals surface area contributed by atoms with Crippen LogP contribution in [-0.2, 0) is 0 Å². The van der Waals surface area contributed by atoms with Crippen molar-refractivity contribution in [2.24, 2.45) is 17.8 Å². The number of anilines is 1. The van der Waals surface area contributed by atoms with E-state index in [-0.39, 0.29) is 6.04 Å². The van der Waals surface area contributed by atoms with Crippen molar-refractivity contribution < 1.29 is 0 Å². The second-order valence-electron chi connectivity index (χ2n) is 15.8. The van der Waals surface area contributed by atoms with E-state index in [1.165, 1.54) is 85.9 Å². The minimum absolute atomic E-state index is 0.221. The number of allylic oxidation sites excluding steroid dienone is 15. The fourth-order valence-electron chi connectivity index (χ4n) is 9.00. The van der Waals surface area contributed by atoms with Crippen LogP contribution in [0.2, 0.25) is 0 Å². The predicted octanol–water partition coefficient (Wildman–Crippen LogP) is 14.4. The van der Waals surface area contributed by atoms with E-state index in [2.05, 4.69) is 196 Å². The summed E-state index contributed by atoms with van der Waals surface area (Å²) >= 11 is 0. The Morgan fingerprint density at radius 1 is 0.818 bits per heavy atom. The quantitative estimate of drug-likeness (QED) is 0.140. The molecule has 55 heavy (non-hydrogen) atoms. The standard InChI is InChI=1S/C54H55N/c1-4-14-39(2)45-22-12-23-50(36-45)53-33-32-52(38-54(53)44-18-6-5-7-19-44)55(34-13-15-40(3)46-26-24-41-16-8-10-20-47(41)35-46)51-30-28-43(29-31-51)49-27-25-42-17-9-11-21-48(42)37-49/h5-7,9-15,17-22,25-33,35-37,40-41,50,52H,4,8,16,23-24,34,38H2,1-3H3/b15-13-,39-14+. The van der Waals surface area contributed by atoms with Gasteiger partial charge in [0.2, 0.25) is 0 Å². The Labute approximate surface area is 329 Å². The molecule has 1 nitrogen and oxygen atoms in total. The molecule has 4 atom stereocenters. The van der Waals surface area contributed by atoms with E-state index >= 15 is 0 Å². The van der Waals surface area contributed by atoms with Crippen LogP contribution in [0.25, 0.3) is 27.5 Å². The molecule has 0 saturated heterocycles. The first-order valence-electron chi connectivity index (χ1n) is 20.7. The zero-order chi connectivity index (χ0) is 37.6. The fourth-order valence-corrected chi connectivity index (χ4v) is 9.00. The Kier molecular flexibility index (Phi) is 11.3. The summed E-state index contributed by atoms with van der Waals surface area (Å²) < 4.78 is 0. The molecule has 4 unspecified atom stereocenters. The molecule has 0 spiro atoms. The van der Waals surface area contributed by atoms with Crippen molar-refractivity contribution in [1.82, 2.24) is 0 Å². The molecule has 0 saturated carbocycles. The maximum atomic E-state index is 2.62. The highest BCUT2D eigenvalue weighted by Gasteiger charge is 2.27. The first kappa shape index (κ1) is 36.6. The molecule has 0 aromatic heterocycles. The van der Waals surface area contributed by atoms with Crippen molar-refractivity contribution in [2.45, 2.75) is 65.3 Å². The zero-order valence-electron chi connectivity index (χ0n) is 32.9. The van der Waals surface area contributed by atoms with E-state index < -0.39 is 0 Å². The van der Waals surface area contributed by atoms with Crippen LogP contribution in [0.3, 0.4) is 0 Å². The fraction of sp³-hybridized carbons (Fsp3) is 0.259. The van der Waals surface area contributed by atoms with E-state index in [0.29, 0.717) is 17.8 Å². The minimum atomic E-state index is 0.221. The average Bonchev–Trinajstić information content (AvgIpc) is 3.25. The van der Waals surface area contributed by atoms with E-state index in [0.717, 1.165) is 25.8 Å². The number of rotatable bonds is 11. The summed E-state index contributed by atoms with van der Waals surface area (Å²) in [6.45, 7) is 7.68. The smallest absolute Gasteiger partial charge is 0.0520 e. The largest absolute Gasteiger partial charge is 0.361 e. The van der Waals surface area contributed by atoms with Crippen LogP contribution in [0, 0.1) is 17.8 Å². The van der Waals surface area contributed by atoms with Gasteiger partial charge in [0.05, 0.1) is 6.04 Å². The van der Waals surface area contributed by atoms with Crippen LogP contribution in [0.15, 0.2) is 198 Å². The van der Waals surface area contributed by atoms with Gasteiger partial charge in [-0.15, -0.1) is 0 Å². The molecule has 0 heterocycles. The van der Waals surface area contributed by atoms with Gasteiger partial charge >= 0.3 is 0 Å². The van der Waals surface area contributed by atoms with Crippen LogP contribution in [-0.4, -0.2) is 12.6 Å². The van der Waals surface area contributed by atoms with Crippen molar-refractivity contribution in [2.75, 3.05) is 11.4 Å². The molecule has 4 aliphatic carbocycles. The predicted molar refractivity (Wildman–Crippen MR) is 238 cm³/mol. The summed E-state index contributed by atoms with van der Waals surface area (Å²) in [5, 5.41) is 2.55. The summed E-state index contributed by atoms with van der Waals surface area (Å²) in [5.74, 6) is 1.44. The maximum Gasteiger partial charge on any atom is 0.0520 e. The lowest BCUT2D eigenvalue weighted by molar-refractivity contribution is 0.558. The van der Waals surface area contributed by atoms with Crippen LogP contribution in [0.4, 0.5) is 5.69 Å². The SMILES string of the molecule is CC/C=C(\C)C1=CC(C2=C(c3ccccc3)CC(N(C/C=C\C(C)C3=CCC4CCC=CC4=C3)c3ccc(-c4ccc5ccccc5c4)cc3)C=C2)CC=C1. The van der Waals surface area contributed by atoms with E-state index in [1.54, 1.807) is 0 Å². The Morgan fingerprint density at radius 2 is 1.62 bits per heavy atom. The van der Waals surface area contributed by atoms with E-state index in [9.17, 15) is 0 Å². The van der Waals surface area contributed by atoms with Gasteiger partial charge in [-0.1, -0.05) is 166 Å². The molecule has 276 valence electrons. The monoisotopic (exact) mass is 717 g/mol. The van der Waals surface area contributed by atoms with Gasteiger partial charge in [-0.2, -0.15) is 0 Å². The van der Waals surface area contributed by atoms with Gasteiger partial charge in [0.15, 0.2) is 0 Å². The van der Waals surface area contributed by atoms with E-state index in [4.69, 9.17) is 0 Å². The van der Waals surface area contributed by atoms with Crippen LogP contribution < -0.4 is 4.90 Å². The maximum absolute atomic E-state index is 2.62. The second-order valence-corrected chi connectivity index (χ2v) is 15.8. The normalized spacial score (nSPS) is 21.7. The Hall–Kier alpha value is -5.40. The van der Waals surface area contributed by atoms with Crippen molar-refractivity contribution in [3.05, 3.63) is 203 Å². The third kappa shape index (κ3) is 8.32. The first-order chi connectivity index (χ1) is 27.0. The topological polar surface area (TPSA) is 3.24 Å². The van der Waals surface area contributed by atoms with Gasteiger partial charge in [0, 0.05) is 18.2 Å². The summed E-state index contributed by atoms with van der Waals surface area (Å²) in [5.41, 5.74) is 13.7. The highest BCUT2D eigenvalue weighted by molar-refractivity contribution is 5.87. The van der Waals surface area contributed by atoms with Crippen molar-refractivity contribution >= 4 is 22.0 Å². The van der Waals surface area contributed by atoms with Crippen LogP contribution >= 0.6 is 0 Å². The summed E-state index contributed by atoms with van der Waals surface area (Å²) in [4.78, 5) is 2.62. The number of hydrogen-bond acceptors (Lipinski definition) is 1. The molecule has 1 heteroatoms. The number of nitrogens with zero attached hydrogens (tertiary/aromatic N) is 1. The highest BCUT2D eigenvalue weighted by atomic mass is 15.2. The van der Waals surface area contributed by atoms with Crippen molar-refractivity contribution in [3.8, 4) is 11.1 Å². The van der Waals surface area contributed by atoms with Crippen molar-refractivity contribution in [3.63, 3.8) is 0 Å². The minimum Gasteiger partial charge on any atom is -0.361 e. The van der Waals surface area contributed by atoms with Gasteiger partial charge in [-0.05, 0) is 136 Å². The number of hydrogen-bond donors (Lipinski definition) is 0. The molecule has 0 bridgehead atoms. The Morgan fingerprint density at radius 3 is 2.45 bits per heavy atom. The summed E-state index contributed by atoms with van der Waals surface area (Å²) in [6.07, 6.45) is 35.7. The lowest BCUT2D eigenvalue weighted by Gasteiger charge is -2.36. The molecular weight excluding hydrogens is 663 g/mol. The second kappa shape index (κ2) is 17.0. The van der Waals surface area contributed by atoms with Gasteiger partial charge < -0.3 is 4.90 Å². The molecule has 8 rings (SSSR count). The van der Waals surface area contributed by atoms with Gasteiger partial charge in [0.25, 0.3) is 0 Å². The lowest BCUT2D eigenvalue weighted by atomic mass is 9.79. The average molecular weight is 718 g/mol. The van der Waals surface area contributed by atoms with Gasteiger partial charge in [0.1, 0.15) is 0 Å². The highest BCUT2D eigenvalue weighted by Crippen LogP contribution is 2.40. The molecule has 4 aromatic rings. The molecule has 4 aliphatic rings. The third-order valence-electron chi connectivity index (χ3n) is 12.2. The molecule has 0 N–H and O–H groups in total. The summed E-state index contributed by atoms with van der Waals surface area (Å²) in [6, 6.07) is 36.1. The molecule has 0 fully saturated rings. The van der Waals surface area contributed by atoms with E-state index in [1.807, 2.05) is 0 Å². The number of benzene rings is 4. The number of fused-ring (bicyclic) bond motifs is 2. The molecule has 0 aliphatic heterocycles. The van der Waals surface area contributed by atoms with Crippen LogP contribution in [0.5, 0.6) is 0 Å². The molecule has 0 radical (unpaired) electrons.